The van der Waals surface area contributed by atoms with Crippen LogP contribution in [0.4, 0.5) is 26.3 Å². The number of hydrogen-bond donors (Lipinski definition) is 2. The minimum Gasteiger partial charge on any atom is -0.475 e. The van der Waals surface area contributed by atoms with Gasteiger partial charge in [-0.15, -0.1) is 11.3 Å². The van der Waals surface area contributed by atoms with E-state index in [0.29, 0.717) is 5.54 Å². The Morgan fingerprint density at radius 2 is 1.56 bits per heavy atom. The Labute approximate surface area is 208 Å². The molecule has 4 rings (SSSR count). The van der Waals surface area contributed by atoms with E-state index in [1.165, 1.54) is 55.1 Å². The Morgan fingerprint density at radius 3 is 1.97 bits per heavy atom. The quantitative estimate of drug-likeness (QED) is 0.539. The Balaban J connectivity index is 0.000000271. The normalized spacial score (nSPS) is 20.6. The Bertz CT molecular complexity index is 840. The van der Waals surface area contributed by atoms with Crippen molar-refractivity contribution in [1.82, 2.24) is 9.80 Å². The predicted octanol–water partition coefficient (Wildman–Crippen LogP) is 4.40. The molecule has 3 fully saturated rings. The minimum atomic E-state index is -5.08. The molecule has 14 heteroatoms. The van der Waals surface area contributed by atoms with Crippen molar-refractivity contribution in [1.29, 1.82) is 0 Å². The molecule has 1 aromatic heterocycles. The van der Waals surface area contributed by atoms with Gasteiger partial charge in [0.15, 0.2) is 0 Å². The number of aliphatic carboxylic acids is 2. The van der Waals surface area contributed by atoms with E-state index in [-0.39, 0.29) is 0 Å². The molecule has 1 saturated carbocycles. The number of ether oxygens (including phenoxy) is 1. The number of nitrogens with zero attached hydrogens (tertiary/aromatic N) is 2. The number of morpholine rings is 1. The lowest BCUT2D eigenvalue weighted by Gasteiger charge is -2.51. The topological polar surface area (TPSA) is 90.3 Å². The number of rotatable bonds is 4. The van der Waals surface area contributed by atoms with E-state index in [0.717, 1.165) is 32.2 Å². The van der Waals surface area contributed by atoms with Gasteiger partial charge in [-0.1, -0.05) is 0 Å². The number of aryl methyl sites for hydroxylation is 1. The summed E-state index contributed by atoms with van der Waals surface area (Å²) in [5, 5.41) is 14.2. The summed E-state index contributed by atoms with van der Waals surface area (Å²) in [6.45, 7) is 10.2. The van der Waals surface area contributed by atoms with Crippen molar-refractivity contribution >= 4 is 23.3 Å². The van der Waals surface area contributed by atoms with Crippen LogP contribution < -0.4 is 0 Å². The molecule has 206 valence electrons. The summed E-state index contributed by atoms with van der Waals surface area (Å²) in [5.41, 5.74) is 0.350. The third kappa shape index (κ3) is 9.87. The molecule has 0 bridgehead atoms. The van der Waals surface area contributed by atoms with E-state index in [9.17, 15) is 26.3 Å². The largest absolute Gasteiger partial charge is 0.490 e. The molecule has 0 aromatic carbocycles. The third-order valence-electron chi connectivity index (χ3n) is 6.17. The van der Waals surface area contributed by atoms with Gasteiger partial charge >= 0.3 is 24.3 Å². The van der Waals surface area contributed by atoms with Crippen LogP contribution in [0.3, 0.4) is 0 Å². The smallest absolute Gasteiger partial charge is 0.475 e. The number of carboxylic acid groups (broad SMARTS) is 2. The van der Waals surface area contributed by atoms with Gasteiger partial charge < -0.3 is 14.9 Å². The van der Waals surface area contributed by atoms with Gasteiger partial charge in [0.2, 0.25) is 0 Å². The average molecular weight is 549 g/mol. The number of piperidine rings is 1. The second-order valence-corrected chi connectivity index (χ2v) is 10.4. The average Bonchev–Trinajstić information content (AvgIpc) is 3.50. The van der Waals surface area contributed by atoms with Crippen molar-refractivity contribution in [2.24, 2.45) is 5.92 Å². The number of carbonyl (C=O) groups is 2. The standard InChI is InChI=1S/C18H28N2OS.2C2HF3O2/c1-15-2-5-17(22-15)13-19-8-6-18(7-9-19)14-21-11-10-20(18)12-16-3-4-16;2*3-2(4,5)1(6)7/h2,5,16H,3-4,6-14H2,1H3;2*(H,6,7). The minimum absolute atomic E-state index is 0.350. The molecule has 0 atom stereocenters. The third-order valence-corrected chi connectivity index (χ3v) is 7.16. The molecule has 3 aliphatic rings. The van der Waals surface area contributed by atoms with Gasteiger partial charge in [-0.3, -0.25) is 9.80 Å². The van der Waals surface area contributed by atoms with Gasteiger partial charge in [0.05, 0.1) is 13.2 Å². The fourth-order valence-corrected chi connectivity index (χ4v) is 4.97. The molecule has 3 heterocycles. The van der Waals surface area contributed by atoms with Crippen LogP contribution in [0.15, 0.2) is 12.1 Å². The summed E-state index contributed by atoms with van der Waals surface area (Å²) in [4.78, 5) is 26.2. The highest BCUT2D eigenvalue weighted by atomic mass is 32.1. The molecule has 36 heavy (non-hydrogen) atoms. The molecule has 7 nitrogen and oxygen atoms in total. The molecular weight excluding hydrogens is 518 g/mol. The highest BCUT2D eigenvalue weighted by molar-refractivity contribution is 7.11. The number of likely N-dealkylation sites (tertiary alicyclic amines) is 1. The monoisotopic (exact) mass is 548 g/mol. The van der Waals surface area contributed by atoms with E-state index in [4.69, 9.17) is 24.5 Å². The number of thiophene rings is 1. The fraction of sp³-hybridized carbons (Fsp3) is 0.727. The summed E-state index contributed by atoms with van der Waals surface area (Å²) in [5.74, 6) is -4.53. The molecule has 1 aliphatic carbocycles. The Kier molecular flexibility index (Phi) is 10.6. The van der Waals surface area contributed by atoms with Gasteiger partial charge in [-0.05, 0) is 50.7 Å². The van der Waals surface area contributed by atoms with Crippen LogP contribution in [-0.4, -0.2) is 89.2 Å². The lowest BCUT2D eigenvalue weighted by atomic mass is 9.85. The van der Waals surface area contributed by atoms with Gasteiger partial charge in [0, 0.05) is 48.0 Å². The number of hydrogen-bond acceptors (Lipinski definition) is 6. The van der Waals surface area contributed by atoms with Gasteiger partial charge in [-0.2, -0.15) is 26.3 Å². The number of alkyl halides is 6. The zero-order chi connectivity index (χ0) is 27.1. The Hall–Kier alpha value is -1.90. The van der Waals surface area contributed by atoms with Crippen molar-refractivity contribution < 1.29 is 50.9 Å². The molecule has 1 aromatic rings. The Morgan fingerprint density at radius 1 is 1.03 bits per heavy atom. The van der Waals surface area contributed by atoms with Gasteiger partial charge in [0.25, 0.3) is 0 Å². The summed E-state index contributed by atoms with van der Waals surface area (Å²) >= 11 is 1.95. The summed E-state index contributed by atoms with van der Waals surface area (Å²) < 4.78 is 69.4. The van der Waals surface area contributed by atoms with Crippen LogP contribution in [0.25, 0.3) is 0 Å². The maximum atomic E-state index is 10.6. The second kappa shape index (κ2) is 12.6. The molecule has 2 aliphatic heterocycles. The van der Waals surface area contributed by atoms with Crippen LogP contribution in [0, 0.1) is 12.8 Å². The van der Waals surface area contributed by atoms with Crippen LogP contribution in [-0.2, 0) is 20.9 Å². The molecule has 0 unspecified atom stereocenters. The van der Waals surface area contributed by atoms with Crippen molar-refractivity contribution in [2.75, 3.05) is 39.4 Å². The summed E-state index contributed by atoms with van der Waals surface area (Å²) in [7, 11) is 0. The highest BCUT2D eigenvalue weighted by Crippen LogP contribution is 2.37. The van der Waals surface area contributed by atoms with E-state index in [1.807, 2.05) is 11.3 Å². The van der Waals surface area contributed by atoms with Crippen LogP contribution in [0.1, 0.15) is 35.4 Å². The first-order valence-corrected chi connectivity index (χ1v) is 12.1. The molecule has 0 amide bonds. The first-order chi connectivity index (χ1) is 16.6. The van der Waals surface area contributed by atoms with E-state index < -0.39 is 24.3 Å². The van der Waals surface area contributed by atoms with Gasteiger partial charge in [0.1, 0.15) is 0 Å². The molecule has 1 spiro atoms. The molecule has 2 saturated heterocycles. The van der Waals surface area contributed by atoms with Crippen molar-refractivity contribution in [2.45, 2.75) is 57.0 Å². The fourth-order valence-electron chi connectivity index (χ4n) is 4.04. The van der Waals surface area contributed by atoms with Crippen molar-refractivity contribution in [3.8, 4) is 0 Å². The number of halogens is 6. The van der Waals surface area contributed by atoms with Crippen molar-refractivity contribution in [3.05, 3.63) is 21.9 Å². The predicted molar refractivity (Wildman–Crippen MR) is 119 cm³/mol. The summed E-state index contributed by atoms with van der Waals surface area (Å²) in [6, 6.07) is 4.55. The van der Waals surface area contributed by atoms with Crippen molar-refractivity contribution in [3.63, 3.8) is 0 Å². The molecule has 0 radical (unpaired) electrons. The maximum absolute atomic E-state index is 10.6. The van der Waals surface area contributed by atoms with Crippen LogP contribution in [0.5, 0.6) is 0 Å². The molecular formula is C22H30F6N2O5S. The van der Waals surface area contributed by atoms with E-state index in [1.54, 1.807) is 0 Å². The van der Waals surface area contributed by atoms with Crippen LogP contribution >= 0.6 is 11.3 Å². The first-order valence-electron chi connectivity index (χ1n) is 11.3. The number of carboxylic acids is 2. The zero-order valence-corrected chi connectivity index (χ0v) is 20.5. The SMILES string of the molecule is Cc1ccc(CN2CCC3(CC2)COCCN3CC2CC2)s1.O=C(O)C(F)(F)F.O=C(O)C(F)(F)F. The highest BCUT2D eigenvalue weighted by Gasteiger charge is 2.44. The van der Waals surface area contributed by atoms with Gasteiger partial charge in [-0.25, -0.2) is 9.59 Å². The second-order valence-electron chi connectivity index (χ2n) is 9.06. The van der Waals surface area contributed by atoms with Crippen LogP contribution in [0.2, 0.25) is 0 Å². The van der Waals surface area contributed by atoms with E-state index >= 15 is 0 Å². The lowest BCUT2D eigenvalue weighted by molar-refractivity contribution is -0.193. The van der Waals surface area contributed by atoms with E-state index in [2.05, 4.69) is 28.9 Å². The molecule has 2 N–H and O–H groups in total. The maximum Gasteiger partial charge on any atom is 0.490 e. The summed E-state index contributed by atoms with van der Waals surface area (Å²) in [6.07, 6.45) is -4.69. The zero-order valence-electron chi connectivity index (χ0n) is 19.7. The lowest BCUT2D eigenvalue weighted by Crippen LogP contribution is -2.61. The first kappa shape index (κ1) is 30.3.